The Hall–Kier alpha value is -1.02. The molecule has 1 fully saturated rings. The third kappa shape index (κ3) is 3.50. The number of hydrogen-bond donors (Lipinski definition) is 1. The average molecular weight is 261 g/mol. The number of ether oxygens (including phenoxy) is 1. The van der Waals surface area contributed by atoms with E-state index in [1.807, 2.05) is 6.07 Å². The summed E-state index contributed by atoms with van der Waals surface area (Å²) in [6.07, 6.45) is 7.78. The Morgan fingerprint density at radius 1 is 1.32 bits per heavy atom. The van der Waals surface area contributed by atoms with Crippen LogP contribution in [0.4, 0.5) is 0 Å². The van der Waals surface area contributed by atoms with Crippen molar-refractivity contribution in [2.24, 2.45) is 0 Å². The van der Waals surface area contributed by atoms with Gasteiger partial charge in [-0.1, -0.05) is 38.3 Å². The molecule has 0 aromatic heterocycles. The highest BCUT2D eigenvalue weighted by atomic mass is 16.5. The zero-order valence-electron chi connectivity index (χ0n) is 12.4. The Morgan fingerprint density at radius 2 is 2.21 bits per heavy atom. The van der Waals surface area contributed by atoms with Gasteiger partial charge in [0.1, 0.15) is 5.75 Å². The molecule has 1 atom stereocenters. The standard InChI is InChI=1S/C17H27NO/c1-3-4-10-17(11-5-6-12-18-14-17)15-8-7-9-16(13-15)19-2/h7-9,13,18H,3-6,10-12,14H2,1-2H3. The summed E-state index contributed by atoms with van der Waals surface area (Å²) in [7, 11) is 1.75. The van der Waals surface area contributed by atoms with Crippen molar-refractivity contribution in [1.29, 1.82) is 0 Å². The van der Waals surface area contributed by atoms with Crippen LogP contribution in [0.5, 0.6) is 5.75 Å². The highest BCUT2D eigenvalue weighted by Gasteiger charge is 2.32. The van der Waals surface area contributed by atoms with E-state index >= 15 is 0 Å². The van der Waals surface area contributed by atoms with Crippen LogP contribution in [0, 0.1) is 0 Å². The van der Waals surface area contributed by atoms with Crippen LogP contribution in [0.2, 0.25) is 0 Å². The van der Waals surface area contributed by atoms with Gasteiger partial charge in [0, 0.05) is 12.0 Å². The van der Waals surface area contributed by atoms with E-state index in [4.69, 9.17) is 4.74 Å². The Kier molecular flexibility index (Phi) is 5.26. The molecule has 2 heteroatoms. The molecule has 1 N–H and O–H groups in total. The minimum Gasteiger partial charge on any atom is -0.497 e. The molecule has 1 heterocycles. The fourth-order valence-corrected chi connectivity index (χ4v) is 3.20. The molecule has 0 amide bonds. The lowest BCUT2D eigenvalue weighted by Crippen LogP contribution is -2.36. The van der Waals surface area contributed by atoms with Crippen LogP contribution in [-0.4, -0.2) is 20.2 Å². The average Bonchev–Trinajstić information content (AvgIpc) is 2.72. The maximum atomic E-state index is 5.41. The third-order valence-corrected chi connectivity index (χ3v) is 4.41. The van der Waals surface area contributed by atoms with Gasteiger partial charge in [0.05, 0.1) is 7.11 Å². The van der Waals surface area contributed by atoms with E-state index in [2.05, 4.69) is 30.4 Å². The summed E-state index contributed by atoms with van der Waals surface area (Å²) in [5.41, 5.74) is 1.76. The number of rotatable bonds is 5. The molecule has 1 aromatic rings. The summed E-state index contributed by atoms with van der Waals surface area (Å²) in [6.45, 7) is 4.56. The number of hydrogen-bond acceptors (Lipinski definition) is 2. The van der Waals surface area contributed by atoms with Crippen molar-refractivity contribution in [2.45, 2.75) is 50.9 Å². The van der Waals surface area contributed by atoms with Gasteiger partial charge in [-0.2, -0.15) is 0 Å². The maximum absolute atomic E-state index is 5.41. The number of nitrogens with one attached hydrogen (secondary N) is 1. The number of benzene rings is 1. The van der Waals surface area contributed by atoms with E-state index in [1.54, 1.807) is 7.11 Å². The fourth-order valence-electron chi connectivity index (χ4n) is 3.20. The van der Waals surface area contributed by atoms with Crippen molar-refractivity contribution in [3.63, 3.8) is 0 Å². The Morgan fingerprint density at radius 3 is 3.00 bits per heavy atom. The number of unbranched alkanes of at least 4 members (excludes halogenated alkanes) is 1. The van der Waals surface area contributed by atoms with Crippen molar-refractivity contribution in [1.82, 2.24) is 5.32 Å². The molecule has 1 unspecified atom stereocenters. The van der Waals surface area contributed by atoms with Crippen LogP contribution >= 0.6 is 0 Å². The van der Waals surface area contributed by atoms with Crippen LogP contribution in [0.1, 0.15) is 51.0 Å². The summed E-state index contributed by atoms with van der Waals surface area (Å²) >= 11 is 0. The Bertz CT molecular complexity index is 381. The first-order valence-electron chi connectivity index (χ1n) is 7.66. The van der Waals surface area contributed by atoms with Crippen molar-refractivity contribution < 1.29 is 4.74 Å². The van der Waals surface area contributed by atoms with Crippen molar-refractivity contribution in [3.05, 3.63) is 29.8 Å². The molecule has 2 nitrogen and oxygen atoms in total. The molecule has 0 spiro atoms. The SMILES string of the molecule is CCCCC1(c2cccc(OC)c2)CCCCNC1. The second-order valence-corrected chi connectivity index (χ2v) is 5.75. The van der Waals surface area contributed by atoms with Gasteiger partial charge in [-0.05, 0) is 43.5 Å². The molecule has 0 saturated carbocycles. The molecular weight excluding hydrogens is 234 g/mol. The second-order valence-electron chi connectivity index (χ2n) is 5.75. The first-order valence-corrected chi connectivity index (χ1v) is 7.66. The maximum Gasteiger partial charge on any atom is 0.119 e. The first kappa shape index (κ1) is 14.4. The molecule has 1 aliphatic rings. The van der Waals surface area contributed by atoms with Crippen LogP contribution in [0.25, 0.3) is 0 Å². The van der Waals surface area contributed by atoms with E-state index in [1.165, 1.54) is 44.1 Å². The van der Waals surface area contributed by atoms with Crippen LogP contribution in [0.15, 0.2) is 24.3 Å². The van der Waals surface area contributed by atoms with Crippen LogP contribution < -0.4 is 10.1 Å². The van der Waals surface area contributed by atoms with Gasteiger partial charge in [-0.15, -0.1) is 0 Å². The summed E-state index contributed by atoms with van der Waals surface area (Å²) in [5.74, 6) is 0.984. The van der Waals surface area contributed by atoms with E-state index in [-0.39, 0.29) is 0 Å². The summed E-state index contributed by atoms with van der Waals surface area (Å²) in [4.78, 5) is 0. The second kappa shape index (κ2) is 6.95. The van der Waals surface area contributed by atoms with E-state index in [0.29, 0.717) is 5.41 Å². The molecule has 1 saturated heterocycles. The summed E-state index contributed by atoms with van der Waals surface area (Å²) in [6, 6.07) is 8.70. The van der Waals surface area contributed by atoms with E-state index < -0.39 is 0 Å². The minimum absolute atomic E-state index is 0.307. The zero-order valence-corrected chi connectivity index (χ0v) is 12.4. The Labute approximate surface area is 117 Å². The van der Waals surface area contributed by atoms with Gasteiger partial charge >= 0.3 is 0 Å². The Balaban J connectivity index is 2.28. The van der Waals surface area contributed by atoms with Crippen LogP contribution in [0.3, 0.4) is 0 Å². The van der Waals surface area contributed by atoms with Crippen molar-refractivity contribution >= 4 is 0 Å². The molecule has 106 valence electrons. The van der Waals surface area contributed by atoms with Gasteiger partial charge in [-0.3, -0.25) is 0 Å². The number of methoxy groups -OCH3 is 1. The monoisotopic (exact) mass is 261 g/mol. The predicted octanol–water partition coefficient (Wildman–Crippen LogP) is 3.90. The lowest BCUT2D eigenvalue weighted by Gasteiger charge is -2.34. The molecular formula is C17H27NO. The molecule has 1 aliphatic heterocycles. The van der Waals surface area contributed by atoms with Gasteiger partial charge in [0.2, 0.25) is 0 Å². The molecule has 0 aliphatic carbocycles. The first-order chi connectivity index (χ1) is 9.30. The highest BCUT2D eigenvalue weighted by Crippen LogP contribution is 2.37. The molecule has 1 aromatic carbocycles. The smallest absolute Gasteiger partial charge is 0.119 e. The minimum atomic E-state index is 0.307. The van der Waals surface area contributed by atoms with Gasteiger partial charge < -0.3 is 10.1 Å². The van der Waals surface area contributed by atoms with Gasteiger partial charge in [-0.25, -0.2) is 0 Å². The van der Waals surface area contributed by atoms with Crippen LogP contribution in [-0.2, 0) is 5.41 Å². The van der Waals surface area contributed by atoms with Gasteiger partial charge in [0.15, 0.2) is 0 Å². The molecule has 2 rings (SSSR count). The van der Waals surface area contributed by atoms with Gasteiger partial charge in [0.25, 0.3) is 0 Å². The normalized spacial score (nSPS) is 23.9. The molecule has 0 bridgehead atoms. The van der Waals surface area contributed by atoms with E-state index in [9.17, 15) is 0 Å². The lowest BCUT2D eigenvalue weighted by molar-refractivity contribution is 0.347. The van der Waals surface area contributed by atoms with E-state index in [0.717, 1.165) is 18.8 Å². The summed E-state index contributed by atoms with van der Waals surface area (Å²) < 4.78 is 5.41. The quantitative estimate of drug-likeness (QED) is 0.868. The molecule has 19 heavy (non-hydrogen) atoms. The van der Waals surface area contributed by atoms with Crippen molar-refractivity contribution in [2.75, 3.05) is 20.2 Å². The van der Waals surface area contributed by atoms with Crippen molar-refractivity contribution in [3.8, 4) is 5.75 Å². The zero-order chi connectivity index (χ0) is 13.6. The topological polar surface area (TPSA) is 21.3 Å². The fraction of sp³-hybridized carbons (Fsp3) is 0.647. The molecule has 0 radical (unpaired) electrons. The lowest BCUT2D eigenvalue weighted by atomic mass is 9.73. The largest absolute Gasteiger partial charge is 0.497 e. The third-order valence-electron chi connectivity index (χ3n) is 4.41. The predicted molar refractivity (Wildman–Crippen MR) is 80.9 cm³/mol. The summed E-state index contributed by atoms with van der Waals surface area (Å²) in [5, 5.41) is 3.64. The highest BCUT2D eigenvalue weighted by molar-refractivity contribution is 5.34.